The lowest BCUT2D eigenvalue weighted by molar-refractivity contribution is -0.141. The number of aliphatic carboxylic acids is 1. The zero-order valence-corrected chi connectivity index (χ0v) is 42.7. The normalized spacial score (nSPS) is 18.0. The summed E-state index contributed by atoms with van der Waals surface area (Å²) in [7, 11) is 0. The molecule has 77 heavy (non-hydrogen) atoms. The second-order valence-corrected chi connectivity index (χ2v) is 18.5. The van der Waals surface area contributed by atoms with E-state index < -0.39 is 103 Å². The molecule has 0 bridgehead atoms. The van der Waals surface area contributed by atoms with Crippen LogP contribution in [0, 0.1) is 27.7 Å². The Bertz CT molecular complexity index is 2990. The van der Waals surface area contributed by atoms with E-state index in [0.29, 0.717) is 39.3 Å². The molecule has 4 aromatic carbocycles. The van der Waals surface area contributed by atoms with Gasteiger partial charge in [0, 0.05) is 25.0 Å². The fraction of sp³-hybridized carbons (Fsp3) is 0.352. The molecule has 1 fully saturated rings. The number of para-hydroxylation sites is 4. The van der Waals surface area contributed by atoms with Gasteiger partial charge in [0.2, 0.25) is 23.6 Å². The van der Waals surface area contributed by atoms with Crippen LogP contribution in [-0.4, -0.2) is 137 Å². The fourth-order valence-electron chi connectivity index (χ4n) is 8.93. The molecule has 0 saturated carbocycles. The van der Waals surface area contributed by atoms with E-state index in [-0.39, 0.29) is 67.4 Å². The van der Waals surface area contributed by atoms with Gasteiger partial charge in [-0.2, -0.15) is 0 Å². The number of nitrogens with zero attached hydrogens (tertiary/aromatic N) is 4. The summed E-state index contributed by atoms with van der Waals surface area (Å²) in [5, 5.41) is 39.4. The van der Waals surface area contributed by atoms with Crippen molar-refractivity contribution in [1.82, 2.24) is 21.3 Å². The van der Waals surface area contributed by atoms with Crippen LogP contribution in [-0.2, 0) is 47.9 Å². The van der Waals surface area contributed by atoms with Crippen LogP contribution in [0.15, 0.2) is 72.8 Å². The predicted molar refractivity (Wildman–Crippen MR) is 280 cm³/mol. The van der Waals surface area contributed by atoms with Crippen molar-refractivity contribution < 1.29 is 72.8 Å². The van der Waals surface area contributed by atoms with Crippen molar-refractivity contribution in [2.24, 2.45) is 0 Å². The van der Waals surface area contributed by atoms with Gasteiger partial charge in [-0.05, 0) is 105 Å². The van der Waals surface area contributed by atoms with Gasteiger partial charge < -0.3 is 55.9 Å². The van der Waals surface area contributed by atoms with Crippen molar-refractivity contribution in [3.05, 3.63) is 106 Å². The number of carbonyl (C=O) groups is 11. The van der Waals surface area contributed by atoms with E-state index in [4.69, 9.17) is 9.84 Å². The second kappa shape index (κ2) is 24.9. The van der Waals surface area contributed by atoms with Crippen molar-refractivity contribution in [3.63, 3.8) is 0 Å². The van der Waals surface area contributed by atoms with Crippen molar-refractivity contribution >= 4 is 88.2 Å². The lowest BCUT2D eigenvalue weighted by Gasteiger charge is -2.26. The smallest absolute Gasteiger partial charge is 0.308 e. The summed E-state index contributed by atoms with van der Waals surface area (Å²) in [6, 6.07) is 14.7. The standard InChI is InChI=1S/C27H30N4O7.C26H28N4O8.CH4/c1-14-9-18(10-15(2)25(14)35)26(36)29-20-12-30(17(4)32)21-7-5-6-8-22(21)31(27(20)37)13-23(33)28-19-11-24(34)38-16(19)3;1-14-8-17(9-15(2)24(14)36)25(37)28-19-11-29(16(3)32)20-6-4-5-7-21(20)30(26(19)38)12-22(33)27-18(13-31)10-23(34)35;/h5-10,16,19-20,35H,11-13H2,1-4H3,(H,28,33)(H,29,36);4-9,13,18-19,36H,10-12H2,1-3H3,(H,27,33)(H,28,37)(H,34,35);1H4/t16?,19-,20-;18-,19-;/m00./s1. The number of aldehydes is 1. The topological polar surface area (TPSA) is 319 Å². The number of aryl methyl sites for hydroxylation is 4. The molecular formula is C54H62N8O15. The average Bonchev–Trinajstić information content (AvgIpc) is 3.56. The van der Waals surface area contributed by atoms with Crippen LogP contribution in [0.2, 0.25) is 0 Å². The summed E-state index contributed by atoms with van der Waals surface area (Å²) >= 11 is 0. The Morgan fingerprint density at radius 3 is 1.39 bits per heavy atom. The molecule has 7 N–H and O–H groups in total. The summed E-state index contributed by atoms with van der Waals surface area (Å²) in [4.78, 5) is 143. The van der Waals surface area contributed by atoms with E-state index in [1.807, 2.05) is 0 Å². The van der Waals surface area contributed by atoms with Gasteiger partial charge in [-0.25, -0.2) is 0 Å². The number of benzene rings is 4. The van der Waals surface area contributed by atoms with E-state index in [9.17, 15) is 63.0 Å². The molecule has 0 spiro atoms. The summed E-state index contributed by atoms with van der Waals surface area (Å²) in [5.74, 6) is -6.15. The Labute approximate surface area is 443 Å². The van der Waals surface area contributed by atoms with Crippen molar-refractivity contribution in [3.8, 4) is 11.5 Å². The third-order valence-corrected chi connectivity index (χ3v) is 12.8. The largest absolute Gasteiger partial charge is 0.507 e. The van der Waals surface area contributed by atoms with Gasteiger partial charge in [-0.3, -0.25) is 57.7 Å². The molecule has 3 aliphatic rings. The molecule has 1 saturated heterocycles. The molecule has 7 rings (SSSR count). The number of carboxylic acids is 1. The molecule has 0 aliphatic carbocycles. The summed E-state index contributed by atoms with van der Waals surface area (Å²) in [6.45, 7) is 9.53. The maximum atomic E-state index is 13.8. The van der Waals surface area contributed by atoms with Crippen molar-refractivity contribution in [2.75, 3.05) is 45.8 Å². The maximum Gasteiger partial charge on any atom is 0.308 e. The van der Waals surface area contributed by atoms with E-state index in [1.165, 1.54) is 58.9 Å². The molecule has 0 radical (unpaired) electrons. The first-order valence-electron chi connectivity index (χ1n) is 23.9. The van der Waals surface area contributed by atoms with E-state index in [1.54, 1.807) is 77.1 Å². The number of phenols is 2. The number of hydrogen-bond acceptors (Lipinski definition) is 14. The van der Waals surface area contributed by atoms with Gasteiger partial charge in [0.15, 0.2) is 0 Å². The van der Waals surface area contributed by atoms with Gasteiger partial charge in [-0.1, -0.05) is 31.7 Å². The molecule has 408 valence electrons. The SMILES string of the molecule is C.CC(=O)N1C[C@H](NC(=O)c2cc(C)c(O)c(C)c2)C(=O)N(CC(=O)N[C@H](C=O)CC(=O)O)c2ccccc21.CC(=O)N1C[C@H](NC(=O)c2cc(C)c(O)c(C)c2)C(=O)N(CC(=O)N[C@H]2CC(=O)OC2C)c2ccccc21. The average molecular weight is 1060 g/mol. The first kappa shape index (κ1) is 58.7. The highest BCUT2D eigenvalue weighted by Crippen LogP contribution is 2.35. The lowest BCUT2D eigenvalue weighted by Crippen LogP contribution is -2.54. The number of nitrogens with one attached hydrogen (secondary N) is 4. The quantitative estimate of drug-likeness (QED) is 0.0748. The van der Waals surface area contributed by atoms with E-state index >= 15 is 0 Å². The minimum absolute atomic E-state index is 0. The van der Waals surface area contributed by atoms with Gasteiger partial charge >= 0.3 is 11.9 Å². The number of rotatable bonds is 13. The van der Waals surface area contributed by atoms with Gasteiger partial charge in [0.25, 0.3) is 23.6 Å². The molecule has 8 amide bonds. The third-order valence-electron chi connectivity index (χ3n) is 12.8. The molecule has 1 unspecified atom stereocenters. The Morgan fingerprint density at radius 1 is 0.649 bits per heavy atom. The highest BCUT2D eigenvalue weighted by molar-refractivity contribution is 6.12. The Balaban J connectivity index is 0.000000280. The number of hydrogen-bond donors (Lipinski definition) is 7. The van der Waals surface area contributed by atoms with Crippen LogP contribution in [0.4, 0.5) is 22.7 Å². The molecule has 23 heteroatoms. The third kappa shape index (κ3) is 13.8. The van der Waals surface area contributed by atoms with Crippen LogP contribution >= 0.6 is 0 Å². The van der Waals surface area contributed by atoms with Gasteiger partial charge in [-0.15, -0.1) is 0 Å². The zero-order chi connectivity index (χ0) is 55.9. The molecule has 4 aromatic rings. The van der Waals surface area contributed by atoms with Crippen molar-refractivity contribution in [1.29, 1.82) is 0 Å². The zero-order valence-electron chi connectivity index (χ0n) is 42.7. The van der Waals surface area contributed by atoms with Gasteiger partial charge in [0.05, 0.1) is 60.8 Å². The molecular weight excluding hydrogens is 1000 g/mol. The Morgan fingerprint density at radius 2 is 1.04 bits per heavy atom. The number of cyclic esters (lactones) is 1. The van der Waals surface area contributed by atoms with Crippen molar-refractivity contribution in [2.45, 2.75) is 99.0 Å². The van der Waals surface area contributed by atoms with Gasteiger partial charge in [0.1, 0.15) is 49.1 Å². The fourth-order valence-corrected chi connectivity index (χ4v) is 8.93. The number of anilines is 4. The number of carbonyl (C=O) groups excluding carboxylic acids is 10. The number of ether oxygens (including phenoxy) is 1. The second-order valence-electron chi connectivity index (χ2n) is 18.5. The highest BCUT2D eigenvalue weighted by Gasteiger charge is 2.40. The monoisotopic (exact) mass is 1060 g/mol. The first-order chi connectivity index (χ1) is 35.9. The summed E-state index contributed by atoms with van der Waals surface area (Å²) in [5.41, 5.74) is 3.66. The lowest BCUT2D eigenvalue weighted by atomic mass is 10.0. The van der Waals surface area contributed by atoms with Crippen LogP contribution < -0.4 is 40.9 Å². The highest BCUT2D eigenvalue weighted by atomic mass is 16.6. The minimum Gasteiger partial charge on any atom is -0.507 e. The number of aromatic hydroxyl groups is 2. The Hall–Kier alpha value is -9.15. The number of fused-ring (bicyclic) bond motifs is 2. The Kier molecular flexibility index (Phi) is 19.0. The van der Waals surface area contributed by atoms with Crippen LogP contribution in [0.25, 0.3) is 0 Å². The maximum absolute atomic E-state index is 13.8. The van der Waals surface area contributed by atoms with Crippen LogP contribution in [0.3, 0.4) is 0 Å². The number of amides is 8. The first-order valence-corrected chi connectivity index (χ1v) is 23.9. The molecule has 3 heterocycles. The molecule has 3 aliphatic heterocycles. The van der Waals surface area contributed by atoms with E-state index in [2.05, 4.69) is 21.3 Å². The molecule has 5 atom stereocenters. The summed E-state index contributed by atoms with van der Waals surface area (Å²) < 4.78 is 5.09. The summed E-state index contributed by atoms with van der Waals surface area (Å²) in [6.07, 6.45) is -0.829. The van der Waals surface area contributed by atoms with Crippen LogP contribution in [0.1, 0.15) is 84.0 Å². The minimum atomic E-state index is -1.30. The number of carboxylic acid groups (broad SMARTS) is 1. The van der Waals surface area contributed by atoms with Crippen LogP contribution in [0.5, 0.6) is 11.5 Å². The van der Waals surface area contributed by atoms with E-state index in [0.717, 1.165) is 4.90 Å². The molecule has 23 nitrogen and oxygen atoms in total. The predicted octanol–water partition coefficient (Wildman–Crippen LogP) is 2.63. The molecule has 0 aromatic heterocycles. The number of esters is 1. The number of phenolic OH excluding ortho intramolecular Hbond substituents is 2.